The third-order valence-corrected chi connectivity index (χ3v) is 5.08. The quantitative estimate of drug-likeness (QED) is 0.422. The van der Waals surface area contributed by atoms with Crippen LogP contribution in [0.5, 0.6) is 0 Å². The first-order chi connectivity index (χ1) is 13.2. The number of carbonyl (C=O) groups excluding carboxylic acids is 1. The summed E-state index contributed by atoms with van der Waals surface area (Å²) in [4.78, 5) is 19.5. The molecule has 0 bridgehead atoms. The third-order valence-electron chi connectivity index (χ3n) is 4.15. The van der Waals surface area contributed by atoms with E-state index in [2.05, 4.69) is 4.98 Å². The molecule has 1 atom stereocenters. The van der Waals surface area contributed by atoms with Crippen molar-refractivity contribution in [3.05, 3.63) is 84.9 Å². The van der Waals surface area contributed by atoms with Gasteiger partial charge in [-0.05, 0) is 43.3 Å². The van der Waals surface area contributed by atoms with Gasteiger partial charge in [0.1, 0.15) is 5.52 Å². The first kappa shape index (κ1) is 17.4. The normalized spacial score (nSPS) is 12.0. The summed E-state index contributed by atoms with van der Waals surface area (Å²) >= 11 is 1.33. The lowest BCUT2D eigenvalue weighted by molar-refractivity contribution is -0.117. The Hall–Kier alpha value is -3.05. The summed E-state index contributed by atoms with van der Waals surface area (Å²) in [6, 6.07) is 26.9. The number of oxazole rings is 1. The summed E-state index contributed by atoms with van der Waals surface area (Å²) in [7, 11) is 0. The standard InChI is InChI=1S/C22H18N2O2S/c1-16(27-22-23-19-14-8-9-15-20(19)26-22)21(25)24(17-10-4-2-5-11-17)18-12-6-3-7-13-18/h2-16H,1H3. The Labute approximate surface area is 161 Å². The molecule has 27 heavy (non-hydrogen) atoms. The average Bonchev–Trinajstić information content (AvgIpc) is 3.12. The number of carbonyl (C=O) groups is 1. The van der Waals surface area contributed by atoms with Gasteiger partial charge in [0.25, 0.3) is 5.22 Å². The van der Waals surface area contributed by atoms with Crippen LogP contribution in [0.15, 0.2) is 94.6 Å². The SMILES string of the molecule is CC(Sc1nc2ccccc2o1)C(=O)N(c1ccccc1)c1ccccc1. The molecule has 0 aliphatic rings. The van der Waals surface area contributed by atoms with Crippen LogP contribution in [0, 0.1) is 0 Å². The Morgan fingerprint density at radius 3 is 2.04 bits per heavy atom. The molecule has 0 N–H and O–H groups in total. The van der Waals surface area contributed by atoms with E-state index in [1.165, 1.54) is 11.8 Å². The second kappa shape index (κ2) is 7.68. The van der Waals surface area contributed by atoms with Crippen molar-refractivity contribution in [1.29, 1.82) is 0 Å². The Bertz CT molecular complexity index is 975. The van der Waals surface area contributed by atoms with Gasteiger partial charge >= 0.3 is 0 Å². The number of aromatic nitrogens is 1. The number of amides is 1. The smallest absolute Gasteiger partial charge is 0.257 e. The maximum absolute atomic E-state index is 13.3. The molecule has 0 fully saturated rings. The maximum Gasteiger partial charge on any atom is 0.257 e. The van der Waals surface area contributed by atoms with Crippen molar-refractivity contribution in [2.24, 2.45) is 0 Å². The van der Waals surface area contributed by atoms with Gasteiger partial charge in [-0.25, -0.2) is 4.98 Å². The van der Waals surface area contributed by atoms with E-state index in [9.17, 15) is 4.79 Å². The fourth-order valence-corrected chi connectivity index (χ4v) is 3.64. The summed E-state index contributed by atoms with van der Waals surface area (Å²) in [5, 5.41) is 0.136. The summed E-state index contributed by atoms with van der Waals surface area (Å²) in [5.41, 5.74) is 3.18. The molecule has 0 saturated heterocycles. The largest absolute Gasteiger partial charge is 0.431 e. The Morgan fingerprint density at radius 1 is 0.889 bits per heavy atom. The topological polar surface area (TPSA) is 46.3 Å². The van der Waals surface area contributed by atoms with Crippen LogP contribution in [0.4, 0.5) is 11.4 Å². The highest BCUT2D eigenvalue weighted by Gasteiger charge is 2.26. The number of rotatable bonds is 5. The van der Waals surface area contributed by atoms with Crippen molar-refractivity contribution < 1.29 is 9.21 Å². The molecule has 134 valence electrons. The Balaban J connectivity index is 1.62. The molecule has 0 spiro atoms. The van der Waals surface area contributed by atoms with E-state index in [1.807, 2.05) is 91.9 Å². The zero-order chi connectivity index (χ0) is 18.6. The van der Waals surface area contributed by atoms with Crippen LogP contribution in [-0.4, -0.2) is 16.1 Å². The van der Waals surface area contributed by atoms with E-state index >= 15 is 0 Å². The van der Waals surface area contributed by atoms with Crippen LogP contribution in [0.2, 0.25) is 0 Å². The zero-order valence-electron chi connectivity index (χ0n) is 14.8. The lowest BCUT2D eigenvalue weighted by Crippen LogP contribution is -2.32. The third kappa shape index (κ3) is 3.73. The number of fused-ring (bicyclic) bond motifs is 1. The van der Waals surface area contributed by atoms with E-state index in [0.717, 1.165) is 22.5 Å². The fourth-order valence-electron chi connectivity index (χ4n) is 2.84. The summed E-state index contributed by atoms with van der Waals surface area (Å²) in [5.74, 6) is -0.0281. The molecule has 0 radical (unpaired) electrons. The monoisotopic (exact) mass is 374 g/mol. The van der Waals surface area contributed by atoms with E-state index in [-0.39, 0.29) is 11.2 Å². The average molecular weight is 374 g/mol. The molecule has 0 saturated carbocycles. The summed E-state index contributed by atoms with van der Waals surface area (Å²) in [6.45, 7) is 1.88. The van der Waals surface area contributed by atoms with Gasteiger partial charge < -0.3 is 4.42 Å². The molecular weight excluding hydrogens is 356 g/mol. The molecule has 5 heteroatoms. The van der Waals surface area contributed by atoms with Crippen LogP contribution in [-0.2, 0) is 4.79 Å². The number of thioether (sulfide) groups is 1. The van der Waals surface area contributed by atoms with Crippen LogP contribution in [0.1, 0.15) is 6.92 Å². The second-order valence-electron chi connectivity index (χ2n) is 6.05. The highest BCUT2D eigenvalue weighted by atomic mass is 32.2. The molecule has 4 rings (SSSR count). The molecule has 1 heterocycles. The Morgan fingerprint density at radius 2 is 1.44 bits per heavy atom. The first-order valence-corrected chi connectivity index (χ1v) is 9.56. The van der Waals surface area contributed by atoms with Gasteiger partial charge in [0.05, 0.1) is 5.25 Å². The molecule has 1 aromatic heterocycles. The number of hydrogen-bond acceptors (Lipinski definition) is 4. The van der Waals surface area contributed by atoms with Crippen molar-refractivity contribution >= 4 is 40.1 Å². The summed E-state index contributed by atoms with van der Waals surface area (Å²) < 4.78 is 5.76. The van der Waals surface area contributed by atoms with Crippen molar-refractivity contribution in [1.82, 2.24) is 4.98 Å². The molecule has 1 amide bonds. The minimum absolute atomic E-state index is 0.0281. The number of para-hydroxylation sites is 4. The molecular formula is C22H18N2O2S. The minimum Gasteiger partial charge on any atom is -0.431 e. The molecule has 0 aliphatic heterocycles. The lowest BCUT2D eigenvalue weighted by Gasteiger charge is -2.25. The van der Waals surface area contributed by atoms with Crippen molar-refractivity contribution in [3.63, 3.8) is 0 Å². The molecule has 0 aliphatic carbocycles. The van der Waals surface area contributed by atoms with Gasteiger partial charge in [-0.2, -0.15) is 0 Å². The molecule has 1 unspecified atom stereocenters. The second-order valence-corrected chi connectivity index (χ2v) is 7.34. The van der Waals surface area contributed by atoms with Crippen molar-refractivity contribution in [2.75, 3.05) is 4.90 Å². The predicted octanol–water partition coefficient (Wildman–Crippen LogP) is 5.67. The van der Waals surface area contributed by atoms with Crippen LogP contribution >= 0.6 is 11.8 Å². The maximum atomic E-state index is 13.3. The van der Waals surface area contributed by atoms with Gasteiger partial charge in [0, 0.05) is 11.4 Å². The van der Waals surface area contributed by atoms with E-state index in [0.29, 0.717) is 5.22 Å². The zero-order valence-corrected chi connectivity index (χ0v) is 15.6. The fraction of sp³-hybridized carbons (Fsp3) is 0.0909. The molecule has 3 aromatic carbocycles. The molecule has 4 aromatic rings. The van der Waals surface area contributed by atoms with Gasteiger partial charge in [0.2, 0.25) is 5.91 Å². The number of anilines is 2. The van der Waals surface area contributed by atoms with Crippen LogP contribution < -0.4 is 4.90 Å². The van der Waals surface area contributed by atoms with E-state index < -0.39 is 0 Å². The van der Waals surface area contributed by atoms with Gasteiger partial charge in [-0.3, -0.25) is 9.69 Å². The van der Waals surface area contributed by atoms with Gasteiger partial charge in [-0.1, -0.05) is 60.3 Å². The van der Waals surface area contributed by atoms with Gasteiger partial charge in [-0.15, -0.1) is 0 Å². The number of nitrogens with zero attached hydrogens (tertiary/aromatic N) is 2. The molecule has 4 nitrogen and oxygen atoms in total. The van der Waals surface area contributed by atoms with Crippen LogP contribution in [0.25, 0.3) is 11.1 Å². The highest BCUT2D eigenvalue weighted by Crippen LogP contribution is 2.32. The summed E-state index contributed by atoms with van der Waals surface area (Å²) in [6.07, 6.45) is 0. The van der Waals surface area contributed by atoms with E-state index in [1.54, 1.807) is 4.90 Å². The van der Waals surface area contributed by atoms with E-state index in [4.69, 9.17) is 4.42 Å². The van der Waals surface area contributed by atoms with Gasteiger partial charge in [0.15, 0.2) is 5.58 Å². The van der Waals surface area contributed by atoms with Crippen LogP contribution in [0.3, 0.4) is 0 Å². The predicted molar refractivity (Wildman–Crippen MR) is 109 cm³/mol. The lowest BCUT2D eigenvalue weighted by atomic mass is 10.2. The van der Waals surface area contributed by atoms with Crippen molar-refractivity contribution in [3.8, 4) is 0 Å². The highest BCUT2D eigenvalue weighted by molar-refractivity contribution is 8.00. The number of benzene rings is 3. The Kier molecular flexibility index (Phi) is 4.94. The number of hydrogen-bond donors (Lipinski definition) is 0. The minimum atomic E-state index is -0.363. The first-order valence-electron chi connectivity index (χ1n) is 8.68. The van der Waals surface area contributed by atoms with Crippen molar-refractivity contribution in [2.45, 2.75) is 17.4 Å².